The Morgan fingerprint density at radius 2 is 1.75 bits per heavy atom. The van der Waals surface area contributed by atoms with Crippen molar-refractivity contribution < 1.29 is 5.11 Å². The molecular weight excluding hydrogens is 248 g/mol. The summed E-state index contributed by atoms with van der Waals surface area (Å²) in [4.78, 5) is 2.31. The lowest BCUT2D eigenvalue weighted by molar-refractivity contribution is 0.123. The first-order valence-electron chi connectivity index (χ1n) is 7.55. The highest BCUT2D eigenvalue weighted by atomic mass is 16.3. The Labute approximate surface area is 124 Å². The number of aliphatic hydroxyl groups is 1. The van der Waals surface area contributed by atoms with Crippen LogP contribution in [0.1, 0.15) is 39.7 Å². The molecule has 1 rings (SSSR count). The number of hydrogen-bond donors (Lipinski definition) is 2. The number of benzene rings is 1. The molecule has 1 aromatic rings. The largest absolute Gasteiger partial charge is 0.394 e. The predicted molar refractivity (Wildman–Crippen MR) is 85.9 cm³/mol. The Morgan fingerprint density at radius 1 is 1.15 bits per heavy atom. The first-order chi connectivity index (χ1) is 9.41. The molecule has 1 unspecified atom stereocenters. The van der Waals surface area contributed by atoms with E-state index >= 15 is 0 Å². The van der Waals surface area contributed by atoms with Gasteiger partial charge in [-0.15, -0.1) is 0 Å². The van der Waals surface area contributed by atoms with Gasteiger partial charge in [-0.2, -0.15) is 0 Å². The summed E-state index contributed by atoms with van der Waals surface area (Å²) in [5.41, 5.74) is 0.798. The number of nitrogens with one attached hydrogen (secondary N) is 1. The maximum Gasteiger partial charge on any atom is 0.0683 e. The molecule has 20 heavy (non-hydrogen) atoms. The maximum absolute atomic E-state index is 10.0. The van der Waals surface area contributed by atoms with E-state index in [-0.39, 0.29) is 12.1 Å². The Bertz CT molecular complexity index is 378. The standard InChI is InChI=1S/C17H30N2O/c1-14(2)18-17(13-20,11-12-19(5)15(3)4)16-9-7-6-8-10-16/h6-10,14-15,18,20H,11-13H2,1-5H3. The molecule has 0 radical (unpaired) electrons. The van der Waals surface area contributed by atoms with Crippen LogP contribution in [0.4, 0.5) is 0 Å². The van der Waals surface area contributed by atoms with Crippen LogP contribution in [-0.2, 0) is 5.54 Å². The van der Waals surface area contributed by atoms with Gasteiger partial charge >= 0.3 is 0 Å². The SMILES string of the molecule is CC(C)NC(CO)(CCN(C)C(C)C)c1ccccc1. The van der Waals surface area contributed by atoms with Crippen molar-refractivity contribution in [2.24, 2.45) is 0 Å². The van der Waals surface area contributed by atoms with Gasteiger partial charge in [0.25, 0.3) is 0 Å². The van der Waals surface area contributed by atoms with Gasteiger partial charge in [-0.25, -0.2) is 0 Å². The normalized spacial score (nSPS) is 15.1. The molecule has 0 amide bonds. The van der Waals surface area contributed by atoms with E-state index in [1.165, 1.54) is 0 Å². The van der Waals surface area contributed by atoms with Crippen LogP contribution in [0.25, 0.3) is 0 Å². The number of rotatable bonds is 8. The molecule has 3 heteroatoms. The maximum atomic E-state index is 10.0. The molecule has 0 saturated carbocycles. The fourth-order valence-corrected chi connectivity index (χ4v) is 2.45. The summed E-state index contributed by atoms with van der Waals surface area (Å²) >= 11 is 0. The van der Waals surface area contributed by atoms with Gasteiger partial charge in [-0.3, -0.25) is 0 Å². The lowest BCUT2D eigenvalue weighted by Crippen LogP contribution is -2.50. The van der Waals surface area contributed by atoms with E-state index in [9.17, 15) is 5.11 Å². The van der Waals surface area contributed by atoms with E-state index in [2.05, 4.69) is 57.1 Å². The van der Waals surface area contributed by atoms with E-state index < -0.39 is 0 Å². The minimum absolute atomic E-state index is 0.112. The van der Waals surface area contributed by atoms with Crippen molar-refractivity contribution in [3.05, 3.63) is 35.9 Å². The highest BCUT2D eigenvalue weighted by Crippen LogP contribution is 2.26. The summed E-state index contributed by atoms with van der Waals surface area (Å²) in [7, 11) is 2.13. The lowest BCUT2D eigenvalue weighted by Gasteiger charge is -2.37. The van der Waals surface area contributed by atoms with Crippen LogP contribution in [0.15, 0.2) is 30.3 Å². The van der Waals surface area contributed by atoms with Crippen LogP contribution in [0, 0.1) is 0 Å². The number of nitrogens with zero attached hydrogens (tertiary/aromatic N) is 1. The second-order valence-electron chi connectivity index (χ2n) is 6.23. The van der Waals surface area contributed by atoms with Gasteiger partial charge in [0.2, 0.25) is 0 Å². The van der Waals surface area contributed by atoms with Crippen molar-refractivity contribution in [3.63, 3.8) is 0 Å². The monoisotopic (exact) mass is 278 g/mol. The number of hydrogen-bond acceptors (Lipinski definition) is 3. The van der Waals surface area contributed by atoms with Crippen LogP contribution in [-0.4, -0.2) is 42.3 Å². The summed E-state index contributed by atoms with van der Waals surface area (Å²) in [5, 5.41) is 13.6. The first kappa shape index (κ1) is 17.2. The summed E-state index contributed by atoms with van der Waals surface area (Å²) in [6.45, 7) is 9.70. The zero-order valence-corrected chi connectivity index (χ0v) is 13.6. The van der Waals surface area contributed by atoms with Crippen molar-refractivity contribution in [2.45, 2.75) is 51.7 Å². The summed E-state index contributed by atoms with van der Waals surface area (Å²) in [6.07, 6.45) is 0.889. The van der Waals surface area contributed by atoms with Crippen molar-refractivity contribution in [1.29, 1.82) is 0 Å². The van der Waals surface area contributed by atoms with E-state index in [0.717, 1.165) is 18.5 Å². The minimum Gasteiger partial charge on any atom is -0.394 e. The zero-order valence-electron chi connectivity index (χ0n) is 13.6. The van der Waals surface area contributed by atoms with E-state index in [4.69, 9.17) is 0 Å². The molecule has 1 aromatic carbocycles. The molecule has 114 valence electrons. The molecule has 0 aliphatic heterocycles. The van der Waals surface area contributed by atoms with Crippen molar-refractivity contribution in [3.8, 4) is 0 Å². The third-order valence-electron chi connectivity index (χ3n) is 3.93. The zero-order chi connectivity index (χ0) is 15.2. The molecule has 0 aromatic heterocycles. The molecule has 0 spiro atoms. The molecular formula is C17H30N2O. The van der Waals surface area contributed by atoms with Crippen LogP contribution < -0.4 is 5.32 Å². The van der Waals surface area contributed by atoms with E-state index in [1.807, 2.05) is 18.2 Å². The molecule has 1 atom stereocenters. The van der Waals surface area contributed by atoms with Crippen molar-refractivity contribution in [1.82, 2.24) is 10.2 Å². The van der Waals surface area contributed by atoms with Crippen LogP contribution >= 0.6 is 0 Å². The summed E-state index contributed by atoms with van der Waals surface area (Å²) in [5.74, 6) is 0. The average Bonchev–Trinajstić information content (AvgIpc) is 2.43. The van der Waals surface area contributed by atoms with E-state index in [0.29, 0.717) is 12.1 Å². The summed E-state index contributed by atoms with van der Waals surface area (Å²) in [6, 6.07) is 11.1. The second kappa shape index (κ2) is 7.77. The lowest BCUT2D eigenvalue weighted by atomic mass is 9.86. The quantitative estimate of drug-likeness (QED) is 0.767. The average molecular weight is 278 g/mol. The molecule has 2 N–H and O–H groups in total. The highest BCUT2D eigenvalue weighted by molar-refractivity contribution is 5.25. The van der Waals surface area contributed by atoms with Crippen LogP contribution in [0.3, 0.4) is 0 Å². The highest BCUT2D eigenvalue weighted by Gasteiger charge is 2.32. The van der Waals surface area contributed by atoms with Gasteiger partial charge < -0.3 is 15.3 Å². The smallest absolute Gasteiger partial charge is 0.0683 e. The second-order valence-corrected chi connectivity index (χ2v) is 6.23. The van der Waals surface area contributed by atoms with Gasteiger partial charge in [0.05, 0.1) is 12.1 Å². The molecule has 0 fully saturated rings. The third-order valence-corrected chi connectivity index (χ3v) is 3.93. The third kappa shape index (κ3) is 4.58. The Hall–Kier alpha value is -0.900. The van der Waals surface area contributed by atoms with Crippen LogP contribution in [0.2, 0.25) is 0 Å². The van der Waals surface area contributed by atoms with Gasteiger partial charge in [-0.1, -0.05) is 30.3 Å². The molecule has 3 nitrogen and oxygen atoms in total. The van der Waals surface area contributed by atoms with Gasteiger partial charge in [0.15, 0.2) is 0 Å². The fraction of sp³-hybridized carbons (Fsp3) is 0.647. The molecule has 0 bridgehead atoms. The van der Waals surface area contributed by atoms with Crippen LogP contribution in [0.5, 0.6) is 0 Å². The Balaban J connectivity index is 2.94. The van der Waals surface area contributed by atoms with Crippen molar-refractivity contribution in [2.75, 3.05) is 20.2 Å². The molecule has 0 saturated heterocycles. The van der Waals surface area contributed by atoms with Gasteiger partial charge in [0.1, 0.15) is 0 Å². The predicted octanol–water partition coefficient (Wildman–Crippen LogP) is 2.60. The fourth-order valence-electron chi connectivity index (χ4n) is 2.45. The topological polar surface area (TPSA) is 35.5 Å². The first-order valence-corrected chi connectivity index (χ1v) is 7.55. The Kier molecular flexibility index (Phi) is 6.66. The molecule has 0 aliphatic carbocycles. The van der Waals surface area contributed by atoms with Crippen molar-refractivity contribution >= 4 is 0 Å². The minimum atomic E-state index is -0.363. The van der Waals surface area contributed by atoms with Gasteiger partial charge in [-0.05, 0) is 46.7 Å². The summed E-state index contributed by atoms with van der Waals surface area (Å²) < 4.78 is 0. The number of aliphatic hydroxyl groups excluding tert-OH is 1. The van der Waals surface area contributed by atoms with Gasteiger partial charge in [0, 0.05) is 18.6 Å². The van der Waals surface area contributed by atoms with E-state index in [1.54, 1.807) is 0 Å². The Morgan fingerprint density at radius 3 is 2.20 bits per heavy atom. The molecule has 0 aliphatic rings. The molecule has 0 heterocycles.